The minimum absolute atomic E-state index is 0.0251. The molecule has 1 aliphatic heterocycles. The molecule has 0 unspecified atom stereocenters. The highest BCUT2D eigenvalue weighted by Gasteiger charge is 2.33. The SMILES string of the molecule is Cn1c([C@H]2CCCN2C(=O)c2ccc3ncsc3c2)nc2ccccc21. The Balaban J connectivity index is 1.53. The van der Waals surface area contributed by atoms with Gasteiger partial charge in [-0.3, -0.25) is 4.79 Å². The number of aryl methyl sites for hydroxylation is 1. The average Bonchev–Trinajstić information content (AvgIpc) is 3.39. The van der Waals surface area contributed by atoms with Crippen molar-refractivity contribution < 1.29 is 4.79 Å². The van der Waals surface area contributed by atoms with Crippen LogP contribution in [-0.2, 0) is 7.05 Å². The molecule has 0 radical (unpaired) electrons. The van der Waals surface area contributed by atoms with Crippen molar-refractivity contribution in [3.63, 3.8) is 0 Å². The second-order valence-electron chi connectivity index (χ2n) is 6.71. The van der Waals surface area contributed by atoms with E-state index in [1.807, 2.05) is 53.9 Å². The summed E-state index contributed by atoms with van der Waals surface area (Å²) in [5.74, 6) is 1.05. The van der Waals surface area contributed by atoms with Crippen molar-refractivity contribution in [3.05, 3.63) is 59.4 Å². The molecule has 3 heterocycles. The number of hydrogen-bond donors (Lipinski definition) is 0. The van der Waals surface area contributed by atoms with E-state index in [2.05, 4.69) is 15.6 Å². The first kappa shape index (κ1) is 15.5. The number of nitrogens with zero attached hydrogens (tertiary/aromatic N) is 4. The summed E-state index contributed by atoms with van der Waals surface area (Å²) in [6, 6.07) is 13.9. The third kappa shape index (κ3) is 2.33. The molecule has 0 spiro atoms. The molecule has 0 N–H and O–H groups in total. The minimum atomic E-state index is 0.0251. The van der Waals surface area contributed by atoms with Gasteiger partial charge in [0.2, 0.25) is 0 Å². The molecule has 130 valence electrons. The van der Waals surface area contributed by atoms with Gasteiger partial charge in [-0.25, -0.2) is 9.97 Å². The average molecular weight is 362 g/mol. The number of amides is 1. The molecule has 4 aromatic rings. The van der Waals surface area contributed by atoms with E-state index in [4.69, 9.17) is 4.98 Å². The first-order valence-corrected chi connectivity index (χ1v) is 9.66. The second kappa shape index (κ2) is 5.92. The van der Waals surface area contributed by atoms with Crippen LogP contribution in [0.15, 0.2) is 48.0 Å². The van der Waals surface area contributed by atoms with Crippen LogP contribution >= 0.6 is 11.3 Å². The van der Waals surface area contributed by atoms with Gasteiger partial charge < -0.3 is 9.47 Å². The Labute approximate surface area is 154 Å². The molecule has 5 rings (SSSR count). The number of imidazole rings is 1. The summed E-state index contributed by atoms with van der Waals surface area (Å²) >= 11 is 1.57. The van der Waals surface area contributed by atoms with E-state index in [-0.39, 0.29) is 11.9 Å². The van der Waals surface area contributed by atoms with E-state index in [1.165, 1.54) is 0 Å². The lowest BCUT2D eigenvalue weighted by atomic mass is 10.1. The van der Waals surface area contributed by atoms with Gasteiger partial charge in [-0.05, 0) is 43.2 Å². The van der Waals surface area contributed by atoms with Crippen LogP contribution < -0.4 is 0 Å². The van der Waals surface area contributed by atoms with Crippen LogP contribution in [0, 0.1) is 0 Å². The smallest absolute Gasteiger partial charge is 0.254 e. The minimum Gasteiger partial charge on any atom is -0.329 e. The molecular weight excluding hydrogens is 344 g/mol. The summed E-state index contributed by atoms with van der Waals surface area (Å²) in [7, 11) is 2.04. The fourth-order valence-electron chi connectivity index (χ4n) is 3.89. The normalized spacial score (nSPS) is 17.4. The van der Waals surface area contributed by atoms with Crippen LogP contribution in [0.5, 0.6) is 0 Å². The maximum atomic E-state index is 13.2. The summed E-state index contributed by atoms with van der Waals surface area (Å²) in [5, 5.41) is 0. The molecule has 6 heteroatoms. The van der Waals surface area contributed by atoms with Gasteiger partial charge in [0.1, 0.15) is 5.82 Å². The molecule has 2 aromatic heterocycles. The summed E-state index contributed by atoms with van der Waals surface area (Å²) < 4.78 is 3.17. The number of carbonyl (C=O) groups excluding carboxylic acids is 1. The van der Waals surface area contributed by atoms with Crippen molar-refractivity contribution in [1.82, 2.24) is 19.4 Å². The van der Waals surface area contributed by atoms with Crippen molar-refractivity contribution in [1.29, 1.82) is 0 Å². The molecule has 0 aliphatic carbocycles. The third-order valence-electron chi connectivity index (χ3n) is 5.21. The quantitative estimate of drug-likeness (QED) is 0.538. The van der Waals surface area contributed by atoms with Gasteiger partial charge in [-0.2, -0.15) is 0 Å². The van der Waals surface area contributed by atoms with Gasteiger partial charge in [-0.1, -0.05) is 12.1 Å². The van der Waals surface area contributed by atoms with Crippen molar-refractivity contribution in [2.45, 2.75) is 18.9 Å². The molecule has 2 aromatic carbocycles. The number of thiazole rings is 1. The number of rotatable bonds is 2. The number of carbonyl (C=O) groups is 1. The number of aromatic nitrogens is 3. The van der Waals surface area contributed by atoms with Crippen molar-refractivity contribution in [2.75, 3.05) is 6.54 Å². The standard InChI is InChI=1S/C20H18N4OS/c1-23-16-6-3-2-5-14(16)22-19(23)17-7-4-10-24(17)20(25)13-8-9-15-18(11-13)26-12-21-15/h2-3,5-6,8-9,11-12,17H,4,7,10H2,1H3/t17-/m1/s1. The van der Waals surface area contributed by atoms with Crippen LogP contribution in [0.1, 0.15) is 35.1 Å². The van der Waals surface area contributed by atoms with E-state index in [0.717, 1.165) is 52.0 Å². The first-order valence-electron chi connectivity index (χ1n) is 8.78. The third-order valence-corrected chi connectivity index (χ3v) is 6.00. The number of hydrogen-bond acceptors (Lipinski definition) is 4. The van der Waals surface area contributed by atoms with E-state index in [1.54, 1.807) is 11.3 Å². The number of fused-ring (bicyclic) bond motifs is 2. The molecule has 0 bridgehead atoms. The van der Waals surface area contributed by atoms with E-state index in [0.29, 0.717) is 0 Å². The number of para-hydroxylation sites is 2. The van der Waals surface area contributed by atoms with Crippen LogP contribution in [0.3, 0.4) is 0 Å². The molecule has 1 amide bonds. The predicted molar refractivity (Wildman–Crippen MR) is 103 cm³/mol. The van der Waals surface area contributed by atoms with Crippen molar-refractivity contribution >= 4 is 38.5 Å². The maximum Gasteiger partial charge on any atom is 0.254 e. The summed E-state index contributed by atoms with van der Waals surface area (Å²) in [4.78, 5) is 24.3. The zero-order valence-electron chi connectivity index (χ0n) is 14.4. The molecule has 1 saturated heterocycles. The van der Waals surface area contributed by atoms with Gasteiger partial charge in [0, 0.05) is 19.2 Å². The topological polar surface area (TPSA) is 51.0 Å². The lowest BCUT2D eigenvalue weighted by Crippen LogP contribution is -2.31. The van der Waals surface area contributed by atoms with Gasteiger partial charge in [0.25, 0.3) is 5.91 Å². The van der Waals surface area contributed by atoms with E-state index < -0.39 is 0 Å². The van der Waals surface area contributed by atoms with Crippen LogP contribution in [0.25, 0.3) is 21.3 Å². The monoisotopic (exact) mass is 362 g/mol. The first-order chi connectivity index (χ1) is 12.7. The summed E-state index contributed by atoms with van der Waals surface area (Å²) in [6.07, 6.45) is 1.95. The molecule has 26 heavy (non-hydrogen) atoms. The maximum absolute atomic E-state index is 13.2. The lowest BCUT2D eigenvalue weighted by Gasteiger charge is -2.24. The van der Waals surface area contributed by atoms with Gasteiger partial charge in [-0.15, -0.1) is 11.3 Å². The van der Waals surface area contributed by atoms with Gasteiger partial charge >= 0.3 is 0 Å². The van der Waals surface area contributed by atoms with Crippen molar-refractivity contribution in [2.24, 2.45) is 7.05 Å². The fraction of sp³-hybridized carbons (Fsp3) is 0.250. The molecule has 1 atom stereocenters. The van der Waals surface area contributed by atoms with Gasteiger partial charge in [0.15, 0.2) is 0 Å². The molecule has 5 nitrogen and oxygen atoms in total. The van der Waals surface area contributed by atoms with Gasteiger partial charge in [0.05, 0.1) is 32.8 Å². The Bertz CT molecular complexity index is 1130. The molecule has 1 fully saturated rings. The largest absolute Gasteiger partial charge is 0.329 e. The Kier molecular flexibility index (Phi) is 3.53. The Hall–Kier alpha value is -2.73. The Morgan fingerprint density at radius 1 is 1.19 bits per heavy atom. The number of likely N-dealkylation sites (tertiary alicyclic amines) is 1. The highest BCUT2D eigenvalue weighted by atomic mass is 32.1. The highest BCUT2D eigenvalue weighted by molar-refractivity contribution is 7.16. The van der Waals surface area contributed by atoms with Crippen LogP contribution in [0.2, 0.25) is 0 Å². The second-order valence-corrected chi connectivity index (χ2v) is 7.60. The number of benzene rings is 2. The molecular formula is C20H18N4OS. The summed E-state index contributed by atoms with van der Waals surface area (Å²) in [6.45, 7) is 0.771. The molecule has 1 aliphatic rings. The predicted octanol–water partition coefficient (Wildman–Crippen LogP) is 4.16. The Morgan fingerprint density at radius 3 is 2.96 bits per heavy atom. The summed E-state index contributed by atoms with van der Waals surface area (Å²) in [5.41, 5.74) is 5.58. The Morgan fingerprint density at radius 2 is 2.08 bits per heavy atom. The lowest BCUT2D eigenvalue weighted by molar-refractivity contribution is 0.0728. The van der Waals surface area contributed by atoms with Crippen LogP contribution in [0.4, 0.5) is 0 Å². The molecule has 0 saturated carbocycles. The highest BCUT2D eigenvalue weighted by Crippen LogP contribution is 2.34. The van der Waals surface area contributed by atoms with Crippen LogP contribution in [-0.4, -0.2) is 31.9 Å². The fourth-order valence-corrected chi connectivity index (χ4v) is 4.61. The zero-order valence-corrected chi connectivity index (χ0v) is 15.2. The zero-order chi connectivity index (χ0) is 17.7. The van der Waals surface area contributed by atoms with E-state index in [9.17, 15) is 4.79 Å². The van der Waals surface area contributed by atoms with Crippen molar-refractivity contribution in [3.8, 4) is 0 Å². The van der Waals surface area contributed by atoms with E-state index >= 15 is 0 Å².